The fourth-order valence-electron chi connectivity index (χ4n) is 2.56. The van der Waals surface area contributed by atoms with E-state index in [1.165, 1.54) is 0 Å². The van der Waals surface area contributed by atoms with Crippen molar-refractivity contribution in [3.05, 3.63) is 40.1 Å². The predicted molar refractivity (Wildman–Crippen MR) is 78.9 cm³/mol. The number of carbonyl (C=O) groups excluding carboxylic acids is 1. The number of H-pyrrole nitrogens is 1. The van der Waals surface area contributed by atoms with Crippen LogP contribution in [0.1, 0.15) is 27.8 Å². The van der Waals surface area contributed by atoms with Crippen molar-refractivity contribution in [2.75, 3.05) is 26.7 Å². The highest BCUT2D eigenvalue weighted by Crippen LogP contribution is 2.24. The van der Waals surface area contributed by atoms with Crippen LogP contribution in [0, 0.1) is 6.92 Å². The molecule has 3 rings (SSSR count). The molecule has 1 aliphatic heterocycles. The summed E-state index contributed by atoms with van der Waals surface area (Å²) in [6.07, 6.45) is 3.58. The lowest BCUT2D eigenvalue weighted by Gasteiger charge is -2.38. The van der Waals surface area contributed by atoms with Gasteiger partial charge in [0.15, 0.2) is 0 Å². The van der Waals surface area contributed by atoms with Crippen molar-refractivity contribution in [1.29, 1.82) is 0 Å². The highest BCUT2D eigenvalue weighted by molar-refractivity contribution is 7.08. The maximum Gasteiger partial charge on any atom is 0.255 e. The Balaban J connectivity index is 1.79. The Kier molecular flexibility index (Phi) is 3.58. The quantitative estimate of drug-likeness (QED) is 0.919. The molecule has 0 saturated carbocycles. The van der Waals surface area contributed by atoms with Crippen LogP contribution in [0.15, 0.2) is 23.2 Å². The minimum atomic E-state index is 0.133. The molecule has 2 aromatic rings. The molecule has 5 nitrogen and oxygen atoms in total. The van der Waals surface area contributed by atoms with Gasteiger partial charge in [-0.25, -0.2) is 4.98 Å². The van der Waals surface area contributed by atoms with Crippen molar-refractivity contribution in [3.8, 4) is 0 Å². The van der Waals surface area contributed by atoms with Gasteiger partial charge in [-0.1, -0.05) is 0 Å². The number of carbonyl (C=O) groups is 1. The van der Waals surface area contributed by atoms with Crippen LogP contribution >= 0.6 is 11.3 Å². The molecule has 1 N–H and O–H groups in total. The summed E-state index contributed by atoms with van der Waals surface area (Å²) in [5.74, 6) is 1.06. The van der Waals surface area contributed by atoms with Crippen LogP contribution in [0.2, 0.25) is 0 Å². The van der Waals surface area contributed by atoms with Gasteiger partial charge in [-0.2, -0.15) is 11.3 Å². The largest absolute Gasteiger partial charge is 0.347 e. The number of likely N-dealkylation sites (N-methyl/N-ethyl adjacent to an activating group) is 1. The summed E-state index contributed by atoms with van der Waals surface area (Å²) in [6.45, 7) is 4.30. The second kappa shape index (κ2) is 5.38. The van der Waals surface area contributed by atoms with Crippen LogP contribution in [0.25, 0.3) is 0 Å². The minimum absolute atomic E-state index is 0.133. The highest BCUT2D eigenvalue weighted by atomic mass is 32.1. The van der Waals surface area contributed by atoms with E-state index >= 15 is 0 Å². The maximum absolute atomic E-state index is 12.6. The fraction of sp³-hybridized carbons (Fsp3) is 0.429. The SMILES string of the molecule is Cc1cscc1C(=O)N1CCN(C)C(c2ncc[nH]2)C1. The Hall–Kier alpha value is -1.66. The van der Waals surface area contributed by atoms with Crippen molar-refractivity contribution < 1.29 is 4.79 Å². The summed E-state index contributed by atoms with van der Waals surface area (Å²) in [5.41, 5.74) is 1.89. The Morgan fingerprint density at radius 1 is 1.45 bits per heavy atom. The van der Waals surface area contributed by atoms with Gasteiger partial charge < -0.3 is 9.88 Å². The summed E-state index contributed by atoms with van der Waals surface area (Å²) >= 11 is 1.58. The molecule has 20 heavy (non-hydrogen) atoms. The number of amides is 1. The molecule has 2 aromatic heterocycles. The number of rotatable bonds is 2. The zero-order valence-electron chi connectivity index (χ0n) is 11.7. The van der Waals surface area contributed by atoms with Gasteiger partial charge in [-0.3, -0.25) is 9.69 Å². The van der Waals surface area contributed by atoms with E-state index in [0.717, 1.165) is 30.0 Å². The normalized spacial score (nSPS) is 20.3. The average molecular weight is 290 g/mol. The number of aromatic amines is 1. The smallest absolute Gasteiger partial charge is 0.255 e. The molecular weight excluding hydrogens is 272 g/mol. The van der Waals surface area contributed by atoms with E-state index in [9.17, 15) is 4.79 Å². The molecule has 3 heterocycles. The van der Waals surface area contributed by atoms with Crippen LogP contribution in [0.4, 0.5) is 0 Å². The van der Waals surface area contributed by atoms with Crippen molar-refractivity contribution >= 4 is 17.2 Å². The third-order valence-electron chi connectivity index (χ3n) is 3.86. The van der Waals surface area contributed by atoms with E-state index in [0.29, 0.717) is 6.54 Å². The van der Waals surface area contributed by atoms with E-state index in [1.807, 2.05) is 28.8 Å². The number of hydrogen-bond donors (Lipinski definition) is 1. The van der Waals surface area contributed by atoms with E-state index in [2.05, 4.69) is 21.9 Å². The molecule has 6 heteroatoms. The second-order valence-electron chi connectivity index (χ2n) is 5.19. The summed E-state index contributed by atoms with van der Waals surface area (Å²) < 4.78 is 0. The van der Waals surface area contributed by atoms with Crippen LogP contribution in [0.3, 0.4) is 0 Å². The Morgan fingerprint density at radius 3 is 2.95 bits per heavy atom. The topological polar surface area (TPSA) is 52.2 Å². The molecule has 0 bridgehead atoms. The number of thiophene rings is 1. The third kappa shape index (κ3) is 2.36. The van der Waals surface area contributed by atoms with E-state index in [4.69, 9.17) is 0 Å². The second-order valence-corrected chi connectivity index (χ2v) is 5.93. The van der Waals surface area contributed by atoms with Crippen LogP contribution in [-0.4, -0.2) is 52.4 Å². The van der Waals surface area contributed by atoms with Gasteiger partial charge in [0.1, 0.15) is 5.82 Å². The van der Waals surface area contributed by atoms with Crippen LogP contribution < -0.4 is 0 Å². The van der Waals surface area contributed by atoms with Crippen molar-refractivity contribution in [3.63, 3.8) is 0 Å². The molecule has 0 aromatic carbocycles. The first-order valence-electron chi connectivity index (χ1n) is 6.68. The molecule has 1 amide bonds. The lowest BCUT2D eigenvalue weighted by molar-refractivity contribution is 0.0534. The monoisotopic (exact) mass is 290 g/mol. The number of nitrogens with zero attached hydrogens (tertiary/aromatic N) is 3. The maximum atomic E-state index is 12.6. The molecule has 1 atom stereocenters. The Bertz CT molecular complexity index is 592. The number of hydrogen-bond acceptors (Lipinski definition) is 4. The van der Waals surface area contributed by atoms with Crippen LogP contribution in [0.5, 0.6) is 0 Å². The molecule has 1 saturated heterocycles. The van der Waals surface area contributed by atoms with Gasteiger partial charge in [0, 0.05) is 37.4 Å². The molecular formula is C14H18N4OS. The highest BCUT2D eigenvalue weighted by Gasteiger charge is 2.30. The van der Waals surface area contributed by atoms with Crippen molar-refractivity contribution in [2.24, 2.45) is 0 Å². The van der Waals surface area contributed by atoms with Gasteiger partial charge in [0.05, 0.1) is 11.6 Å². The first-order chi connectivity index (χ1) is 9.66. The zero-order valence-corrected chi connectivity index (χ0v) is 12.5. The molecule has 0 spiro atoms. The average Bonchev–Trinajstić information content (AvgIpc) is 3.09. The molecule has 1 unspecified atom stereocenters. The van der Waals surface area contributed by atoms with E-state index in [1.54, 1.807) is 17.5 Å². The van der Waals surface area contributed by atoms with Crippen molar-refractivity contribution in [1.82, 2.24) is 19.8 Å². The minimum Gasteiger partial charge on any atom is -0.347 e. The van der Waals surface area contributed by atoms with Gasteiger partial charge in [0.2, 0.25) is 0 Å². The summed E-state index contributed by atoms with van der Waals surface area (Å²) in [7, 11) is 2.07. The fourth-order valence-corrected chi connectivity index (χ4v) is 3.39. The van der Waals surface area contributed by atoms with Gasteiger partial charge >= 0.3 is 0 Å². The molecule has 1 fully saturated rings. The molecule has 0 radical (unpaired) electrons. The number of nitrogens with one attached hydrogen (secondary N) is 1. The first-order valence-corrected chi connectivity index (χ1v) is 7.62. The Morgan fingerprint density at radius 2 is 2.30 bits per heavy atom. The van der Waals surface area contributed by atoms with Crippen LogP contribution in [-0.2, 0) is 0 Å². The number of piperazine rings is 1. The van der Waals surface area contributed by atoms with E-state index in [-0.39, 0.29) is 11.9 Å². The standard InChI is InChI=1S/C14H18N4OS/c1-10-8-20-9-11(10)14(19)18-6-5-17(2)12(7-18)13-15-3-4-16-13/h3-4,8-9,12H,5-7H2,1-2H3,(H,15,16). The number of aromatic nitrogens is 2. The van der Waals surface area contributed by atoms with Gasteiger partial charge in [-0.15, -0.1) is 0 Å². The molecule has 106 valence electrons. The van der Waals surface area contributed by atoms with E-state index < -0.39 is 0 Å². The summed E-state index contributed by atoms with van der Waals surface area (Å²) in [5, 5.41) is 3.96. The summed E-state index contributed by atoms with van der Waals surface area (Å²) in [6, 6.07) is 0.140. The Labute approximate surface area is 122 Å². The molecule has 0 aliphatic carbocycles. The first kappa shape index (κ1) is 13.3. The van der Waals surface area contributed by atoms with Gasteiger partial charge in [0.25, 0.3) is 5.91 Å². The third-order valence-corrected chi connectivity index (χ3v) is 4.72. The van der Waals surface area contributed by atoms with Crippen molar-refractivity contribution in [2.45, 2.75) is 13.0 Å². The number of aryl methyl sites for hydroxylation is 1. The zero-order chi connectivity index (χ0) is 14.1. The summed E-state index contributed by atoms with van der Waals surface area (Å²) in [4.78, 5) is 24.2. The predicted octanol–water partition coefficient (Wildman–Crippen LogP) is 1.91. The number of imidazole rings is 1. The lowest BCUT2D eigenvalue weighted by Crippen LogP contribution is -2.49. The van der Waals surface area contributed by atoms with Gasteiger partial charge in [-0.05, 0) is 24.9 Å². The lowest BCUT2D eigenvalue weighted by atomic mass is 10.1. The molecule has 1 aliphatic rings.